The van der Waals surface area contributed by atoms with Crippen LogP contribution in [-0.2, 0) is 0 Å². The van der Waals surface area contributed by atoms with E-state index in [1.54, 1.807) is 6.33 Å². The fraction of sp³-hybridized carbons (Fsp3) is 0.733. The van der Waals surface area contributed by atoms with E-state index in [-0.39, 0.29) is 6.61 Å². The second-order valence-electron chi connectivity index (χ2n) is 6.14. The molecule has 0 amide bonds. The van der Waals surface area contributed by atoms with Crippen LogP contribution in [0.3, 0.4) is 0 Å². The number of aliphatic hydroxyl groups excluding tert-OH is 1. The lowest BCUT2D eigenvalue weighted by atomic mass is 10.2. The number of hydrogen-bond donors (Lipinski definition) is 2. The van der Waals surface area contributed by atoms with Crippen molar-refractivity contribution in [1.29, 1.82) is 0 Å². The third-order valence-corrected chi connectivity index (χ3v) is 4.61. The van der Waals surface area contributed by atoms with E-state index in [4.69, 9.17) is 5.11 Å². The largest absolute Gasteiger partial charge is 0.395 e. The van der Waals surface area contributed by atoms with Gasteiger partial charge in [-0.25, -0.2) is 9.97 Å². The molecule has 3 rings (SSSR count). The Hall–Kier alpha value is -1.44. The molecule has 1 aromatic rings. The van der Waals surface area contributed by atoms with E-state index in [2.05, 4.69) is 37.0 Å². The fourth-order valence-electron chi connectivity index (χ4n) is 3.24. The van der Waals surface area contributed by atoms with E-state index in [1.165, 1.54) is 32.6 Å². The Morgan fingerprint density at radius 1 is 1.23 bits per heavy atom. The maximum absolute atomic E-state index is 8.88. The molecular formula is C15H26N6O. The van der Waals surface area contributed by atoms with Gasteiger partial charge in [0.1, 0.15) is 18.0 Å². The molecule has 1 aromatic heterocycles. The summed E-state index contributed by atoms with van der Waals surface area (Å²) in [5.74, 6) is 1.76. The summed E-state index contributed by atoms with van der Waals surface area (Å²) < 4.78 is 0. The molecule has 0 bridgehead atoms. The first-order valence-corrected chi connectivity index (χ1v) is 8.10. The Morgan fingerprint density at radius 3 is 2.82 bits per heavy atom. The SMILES string of the molecule is CN1CCN([C@H]2CCN(c3cc(NCCO)ncn3)C2)CC1. The first-order chi connectivity index (χ1) is 10.8. The lowest BCUT2D eigenvalue weighted by molar-refractivity contribution is 0.120. The average Bonchev–Trinajstić information content (AvgIpc) is 3.04. The second-order valence-corrected chi connectivity index (χ2v) is 6.14. The summed E-state index contributed by atoms with van der Waals surface area (Å²) in [6.45, 7) is 7.38. The van der Waals surface area contributed by atoms with Gasteiger partial charge in [-0.15, -0.1) is 0 Å². The molecule has 22 heavy (non-hydrogen) atoms. The quantitative estimate of drug-likeness (QED) is 0.774. The van der Waals surface area contributed by atoms with Crippen molar-refractivity contribution in [1.82, 2.24) is 19.8 Å². The van der Waals surface area contributed by atoms with Gasteiger partial charge in [-0.05, 0) is 13.5 Å². The van der Waals surface area contributed by atoms with Gasteiger partial charge in [0.2, 0.25) is 0 Å². The van der Waals surface area contributed by atoms with Crippen LogP contribution < -0.4 is 10.2 Å². The van der Waals surface area contributed by atoms with Crippen LogP contribution in [0.5, 0.6) is 0 Å². The molecule has 2 aliphatic rings. The van der Waals surface area contributed by atoms with Crippen LogP contribution in [0.25, 0.3) is 0 Å². The third-order valence-electron chi connectivity index (χ3n) is 4.61. The Kier molecular flexibility index (Phi) is 5.07. The molecule has 3 heterocycles. The number of anilines is 2. The molecule has 1 atom stereocenters. The van der Waals surface area contributed by atoms with Crippen LogP contribution in [0.4, 0.5) is 11.6 Å². The zero-order valence-electron chi connectivity index (χ0n) is 13.3. The molecule has 0 radical (unpaired) electrons. The molecule has 2 N–H and O–H groups in total. The van der Waals surface area contributed by atoms with E-state index < -0.39 is 0 Å². The van der Waals surface area contributed by atoms with Gasteiger partial charge in [0.05, 0.1) is 6.61 Å². The summed E-state index contributed by atoms with van der Waals surface area (Å²) >= 11 is 0. The minimum Gasteiger partial charge on any atom is -0.395 e. The zero-order valence-corrected chi connectivity index (χ0v) is 13.3. The summed E-state index contributed by atoms with van der Waals surface area (Å²) in [4.78, 5) is 16.0. The summed E-state index contributed by atoms with van der Waals surface area (Å²) in [5, 5.41) is 12.0. The topological polar surface area (TPSA) is 67.8 Å². The molecule has 0 spiro atoms. The molecule has 0 unspecified atom stereocenters. The maximum Gasteiger partial charge on any atom is 0.134 e. The summed E-state index contributed by atoms with van der Waals surface area (Å²) in [6.07, 6.45) is 2.80. The average molecular weight is 306 g/mol. The molecule has 0 aliphatic carbocycles. The van der Waals surface area contributed by atoms with Crippen molar-refractivity contribution in [3.63, 3.8) is 0 Å². The van der Waals surface area contributed by atoms with Crippen molar-refractivity contribution < 1.29 is 5.11 Å². The van der Waals surface area contributed by atoms with E-state index in [0.29, 0.717) is 12.6 Å². The van der Waals surface area contributed by atoms with Crippen LogP contribution >= 0.6 is 0 Å². The minimum atomic E-state index is 0.106. The lowest BCUT2D eigenvalue weighted by Crippen LogP contribution is -2.49. The first kappa shape index (κ1) is 15.5. The number of piperazine rings is 1. The Bertz CT molecular complexity index is 477. The van der Waals surface area contributed by atoms with Crippen LogP contribution in [-0.4, -0.2) is 90.4 Å². The molecule has 2 fully saturated rings. The minimum absolute atomic E-state index is 0.106. The molecular weight excluding hydrogens is 280 g/mol. The van der Waals surface area contributed by atoms with Crippen molar-refractivity contribution in [3.8, 4) is 0 Å². The highest BCUT2D eigenvalue weighted by Crippen LogP contribution is 2.23. The number of nitrogens with one attached hydrogen (secondary N) is 1. The van der Waals surface area contributed by atoms with Crippen LogP contribution in [0, 0.1) is 0 Å². The van der Waals surface area contributed by atoms with Crippen molar-refractivity contribution in [3.05, 3.63) is 12.4 Å². The third kappa shape index (κ3) is 3.66. The smallest absolute Gasteiger partial charge is 0.134 e. The monoisotopic (exact) mass is 306 g/mol. The van der Waals surface area contributed by atoms with Gasteiger partial charge < -0.3 is 20.2 Å². The molecule has 0 saturated carbocycles. The summed E-state index contributed by atoms with van der Waals surface area (Å²) in [5.41, 5.74) is 0. The molecule has 7 heteroatoms. The Balaban J connectivity index is 1.58. The predicted octanol–water partition coefficient (Wildman–Crippen LogP) is -0.293. The first-order valence-electron chi connectivity index (χ1n) is 8.10. The fourth-order valence-corrected chi connectivity index (χ4v) is 3.24. The van der Waals surface area contributed by atoms with E-state index in [9.17, 15) is 0 Å². The van der Waals surface area contributed by atoms with Crippen LogP contribution in [0.1, 0.15) is 6.42 Å². The summed E-state index contributed by atoms with van der Waals surface area (Å²) in [6, 6.07) is 2.61. The number of nitrogens with zero attached hydrogens (tertiary/aromatic N) is 5. The van der Waals surface area contributed by atoms with Gasteiger partial charge in [0, 0.05) is 57.9 Å². The van der Waals surface area contributed by atoms with Gasteiger partial charge in [-0.1, -0.05) is 0 Å². The van der Waals surface area contributed by atoms with E-state index in [1.807, 2.05) is 6.07 Å². The standard InChI is InChI=1S/C15H26N6O/c1-19-5-7-20(8-6-19)13-2-4-21(11-13)15-10-14(16-3-9-22)17-12-18-15/h10,12-13,22H,2-9,11H2,1H3,(H,16,17,18)/t13-/m0/s1. The summed E-state index contributed by atoms with van der Waals surface area (Å²) in [7, 11) is 2.19. The van der Waals surface area contributed by atoms with Crippen molar-refractivity contribution in [2.24, 2.45) is 0 Å². The zero-order chi connectivity index (χ0) is 15.4. The highest BCUT2D eigenvalue weighted by molar-refractivity contribution is 5.49. The van der Waals surface area contributed by atoms with Crippen molar-refractivity contribution >= 4 is 11.6 Å². The van der Waals surface area contributed by atoms with Gasteiger partial charge in [0.25, 0.3) is 0 Å². The lowest BCUT2D eigenvalue weighted by Gasteiger charge is -2.36. The molecule has 0 aromatic carbocycles. The van der Waals surface area contributed by atoms with Gasteiger partial charge >= 0.3 is 0 Å². The predicted molar refractivity (Wildman–Crippen MR) is 87.3 cm³/mol. The highest BCUT2D eigenvalue weighted by Gasteiger charge is 2.30. The van der Waals surface area contributed by atoms with Crippen molar-refractivity contribution in [2.45, 2.75) is 12.5 Å². The van der Waals surface area contributed by atoms with Crippen molar-refractivity contribution in [2.75, 3.05) is 69.7 Å². The second kappa shape index (κ2) is 7.21. The molecule has 2 saturated heterocycles. The van der Waals surface area contributed by atoms with Crippen LogP contribution in [0.2, 0.25) is 0 Å². The normalized spacial score (nSPS) is 23.9. The van der Waals surface area contributed by atoms with E-state index >= 15 is 0 Å². The highest BCUT2D eigenvalue weighted by atomic mass is 16.3. The maximum atomic E-state index is 8.88. The number of aliphatic hydroxyl groups is 1. The number of aromatic nitrogens is 2. The van der Waals surface area contributed by atoms with Gasteiger partial charge in [-0.2, -0.15) is 0 Å². The van der Waals surface area contributed by atoms with E-state index in [0.717, 1.165) is 24.7 Å². The number of likely N-dealkylation sites (N-methyl/N-ethyl adjacent to an activating group) is 1. The Labute approximate surface area is 131 Å². The number of hydrogen-bond acceptors (Lipinski definition) is 7. The van der Waals surface area contributed by atoms with Crippen LogP contribution in [0.15, 0.2) is 12.4 Å². The van der Waals surface area contributed by atoms with Gasteiger partial charge in [0.15, 0.2) is 0 Å². The number of rotatable bonds is 5. The molecule has 7 nitrogen and oxygen atoms in total. The molecule has 2 aliphatic heterocycles. The molecule has 122 valence electrons. The Morgan fingerprint density at radius 2 is 2.05 bits per heavy atom. The van der Waals surface area contributed by atoms with Gasteiger partial charge in [-0.3, -0.25) is 4.90 Å².